The minimum atomic E-state index is -0.210. The maximum absolute atomic E-state index is 13.0. The Morgan fingerprint density at radius 3 is 2.53 bits per heavy atom. The highest BCUT2D eigenvalue weighted by atomic mass is 35.5. The Bertz CT molecular complexity index is 1110. The number of carbonyl (C=O) groups excluding carboxylic acids is 1. The van der Waals surface area contributed by atoms with Gasteiger partial charge in [-0.1, -0.05) is 60.1 Å². The molecule has 5 heteroatoms. The van der Waals surface area contributed by atoms with Crippen molar-refractivity contribution in [2.75, 3.05) is 11.9 Å². The van der Waals surface area contributed by atoms with Crippen LogP contribution >= 0.6 is 11.6 Å². The van der Waals surface area contributed by atoms with E-state index in [2.05, 4.69) is 29.6 Å². The Hall–Kier alpha value is -3.11. The van der Waals surface area contributed by atoms with Gasteiger partial charge in [-0.2, -0.15) is 5.10 Å². The molecule has 0 aromatic heterocycles. The number of benzene rings is 3. The smallest absolute Gasteiger partial charge is 0.306 e. The predicted molar refractivity (Wildman–Crippen MR) is 121 cm³/mol. The van der Waals surface area contributed by atoms with Gasteiger partial charge in [0.25, 0.3) is 0 Å². The number of carbonyl (C=O) groups is 1. The fraction of sp³-hybridized carbons (Fsp3) is 0.200. The second-order valence-electron chi connectivity index (χ2n) is 7.80. The molecule has 2 aliphatic rings. The summed E-state index contributed by atoms with van der Waals surface area (Å²) in [6, 6.07) is 23.8. The summed E-state index contributed by atoms with van der Waals surface area (Å²) in [5, 5.41) is 9.95. The molecule has 0 fully saturated rings. The summed E-state index contributed by atoms with van der Waals surface area (Å²) >= 11 is 6.07. The number of hydrogen-bond acceptors (Lipinski definition) is 2. The molecule has 1 unspecified atom stereocenters. The standard InChI is InChI=1S/C25H22ClN3O/c26-21-12-9-19(10-13-21)24-23(18-5-2-1-3-6-18)16-29(28-24)25(30)27-22-14-11-17-7-4-8-20(17)15-22/h1-3,5-6,9-15,23H,4,7-8,16H2,(H,27,30). The van der Waals surface area contributed by atoms with Crippen LogP contribution in [0.1, 0.15) is 34.6 Å². The van der Waals surface area contributed by atoms with Crippen LogP contribution in [0.3, 0.4) is 0 Å². The molecule has 1 aliphatic heterocycles. The van der Waals surface area contributed by atoms with Crippen molar-refractivity contribution >= 4 is 29.0 Å². The molecule has 0 radical (unpaired) electrons. The fourth-order valence-electron chi connectivity index (χ4n) is 4.29. The predicted octanol–water partition coefficient (Wildman–Crippen LogP) is 5.86. The number of amides is 2. The Morgan fingerprint density at radius 1 is 0.967 bits per heavy atom. The number of halogens is 1. The third kappa shape index (κ3) is 3.71. The minimum Gasteiger partial charge on any atom is -0.306 e. The SMILES string of the molecule is O=C(Nc1ccc2c(c1)CCC2)N1CC(c2ccccc2)C(c2ccc(Cl)cc2)=N1. The van der Waals surface area contributed by atoms with Crippen LogP contribution in [0.25, 0.3) is 0 Å². The van der Waals surface area contributed by atoms with Crippen molar-refractivity contribution in [2.45, 2.75) is 25.2 Å². The number of urea groups is 1. The first kappa shape index (κ1) is 18.9. The first-order valence-corrected chi connectivity index (χ1v) is 10.6. The van der Waals surface area contributed by atoms with E-state index in [-0.39, 0.29) is 11.9 Å². The maximum Gasteiger partial charge on any atom is 0.342 e. The normalized spacial score (nSPS) is 17.6. The molecule has 4 nitrogen and oxygen atoms in total. The molecule has 1 N–H and O–H groups in total. The Morgan fingerprint density at radius 2 is 1.73 bits per heavy atom. The topological polar surface area (TPSA) is 44.7 Å². The summed E-state index contributed by atoms with van der Waals surface area (Å²) in [6.45, 7) is 0.499. The average Bonchev–Trinajstić information content (AvgIpc) is 3.42. The van der Waals surface area contributed by atoms with Gasteiger partial charge < -0.3 is 5.32 Å². The van der Waals surface area contributed by atoms with Crippen LogP contribution in [0.15, 0.2) is 77.9 Å². The third-order valence-electron chi connectivity index (χ3n) is 5.84. The number of anilines is 1. The Kier molecular flexibility index (Phi) is 5.01. The van der Waals surface area contributed by atoms with E-state index in [1.165, 1.54) is 22.6 Å². The van der Waals surface area contributed by atoms with Crippen LogP contribution in [0, 0.1) is 0 Å². The second-order valence-corrected chi connectivity index (χ2v) is 8.24. The molecular formula is C25H22ClN3O. The molecule has 2 amide bonds. The lowest BCUT2D eigenvalue weighted by Gasteiger charge is -2.16. The van der Waals surface area contributed by atoms with E-state index in [0.29, 0.717) is 11.6 Å². The lowest BCUT2D eigenvalue weighted by atomic mass is 9.91. The molecule has 0 spiro atoms. The highest BCUT2D eigenvalue weighted by molar-refractivity contribution is 6.30. The number of fused-ring (bicyclic) bond motifs is 1. The van der Waals surface area contributed by atoms with Gasteiger partial charge in [0.15, 0.2) is 0 Å². The number of nitrogens with one attached hydrogen (secondary N) is 1. The van der Waals surface area contributed by atoms with Crippen molar-refractivity contribution in [2.24, 2.45) is 5.10 Å². The number of hydrazone groups is 1. The molecule has 0 saturated carbocycles. The van der Waals surface area contributed by atoms with E-state index in [0.717, 1.165) is 35.4 Å². The number of nitrogens with zero attached hydrogens (tertiary/aromatic N) is 2. The lowest BCUT2D eigenvalue weighted by Crippen LogP contribution is -2.30. The zero-order valence-corrected chi connectivity index (χ0v) is 17.3. The van der Waals surface area contributed by atoms with Gasteiger partial charge in [-0.05, 0) is 65.8 Å². The van der Waals surface area contributed by atoms with Gasteiger partial charge >= 0.3 is 6.03 Å². The molecule has 30 heavy (non-hydrogen) atoms. The molecule has 0 saturated heterocycles. The Labute approximate surface area is 181 Å². The monoisotopic (exact) mass is 415 g/mol. The van der Waals surface area contributed by atoms with Crippen molar-refractivity contribution in [3.8, 4) is 0 Å². The maximum atomic E-state index is 13.0. The van der Waals surface area contributed by atoms with Crippen molar-refractivity contribution in [3.63, 3.8) is 0 Å². The Balaban J connectivity index is 1.42. The van der Waals surface area contributed by atoms with Crippen LogP contribution in [0.5, 0.6) is 0 Å². The molecule has 5 rings (SSSR count). The quantitative estimate of drug-likeness (QED) is 0.571. The van der Waals surface area contributed by atoms with Gasteiger partial charge in [0.2, 0.25) is 0 Å². The fourth-order valence-corrected chi connectivity index (χ4v) is 4.42. The van der Waals surface area contributed by atoms with Crippen molar-refractivity contribution in [1.82, 2.24) is 5.01 Å². The largest absolute Gasteiger partial charge is 0.342 e. The molecular weight excluding hydrogens is 394 g/mol. The molecule has 1 heterocycles. The molecule has 1 aliphatic carbocycles. The molecule has 150 valence electrons. The van der Waals surface area contributed by atoms with Crippen LogP contribution < -0.4 is 5.32 Å². The van der Waals surface area contributed by atoms with Gasteiger partial charge in [0, 0.05) is 16.6 Å². The third-order valence-corrected chi connectivity index (χ3v) is 6.09. The first-order chi connectivity index (χ1) is 14.7. The summed E-state index contributed by atoms with van der Waals surface area (Å²) in [4.78, 5) is 13.0. The van der Waals surface area contributed by atoms with E-state index in [1.807, 2.05) is 48.5 Å². The van der Waals surface area contributed by atoms with Gasteiger partial charge in [-0.3, -0.25) is 0 Å². The van der Waals surface area contributed by atoms with Gasteiger partial charge in [-0.15, -0.1) is 0 Å². The van der Waals surface area contributed by atoms with Crippen molar-refractivity contribution in [3.05, 3.63) is 100 Å². The van der Waals surface area contributed by atoms with E-state index < -0.39 is 0 Å². The van der Waals surface area contributed by atoms with Gasteiger partial charge in [0.05, 0.1) is 12.3 Å². The number of rotatable bonds is 3. The van der Waals surface area contributed by atoms with Crippen LogP contribution in [-0.2, 0) is 12.8 Å². The molecule has 3 aromatic rings. The van der Waals surface area contributed by atoms with E-state index in [1.54, 1.807) is 0 Å². The second kappa shape index (κ2) is 7.96. The lowest BCUT2D eigenvalue weighted by molar-refractivity contribution is 0.218. The molecule has 3 aromatic carbocycles. The summed E-state index contributed by atoms with van der Waals surface area (Å²) in [5.41, 5.74) is 6.54. The van der Waals surface area contributed by atoms with Crippen molar-refractivity contribution in [1.29, 1.82) is 0 Å². The average molecular weight is 416 g/mol. The summed E-state index contributed by atoms with van der Waals surface area (Å²) in [7, 11) is 0. The minimum absolute atomic E-state index is 0.0122. The summed E-state index contributed by atoms with van der Waals surface area (Å²) in [6.07, 6.45) is 3.40. The van der Waals surface area contributed by atoms with Crippen molar-refractivity contribution < 1.29 is 4.79 Å². The number of hydrogen-bond donors (Lipinski definition) is 1. The van der Waals surface area contributed by atoms with Gasteiger partial charge in [-0.25, -0.2) is 9.80 Å². The zero-order chi connectivity index (χ0) is 20.5. The zero-order valence-electron chi connectivity index (χ0n) is 16.5. The summed E-state index contributed by atoms with van der Waals surface area (Å²) < 4.78 is 0. The van der Waals surface area contributed by atoms with Crippen LogP contribution in [-0.4, -0.2) is 23.3 Å². The highest BCUT2D eigenvalue weighted by Gasteiger charge is 2.32. The molecule has 1 atom stereocenters. The van der Waals surface area contributed by atoms with Crippen LogP contribution in [0.2, 0.25) is 5.02 Å². The summed E-state index contributed by atoms with van der Waals surface area (Å²) in [5.74, 6) is 0.0122. The van der Waals surface area contributed by atoms with E-state index >= 15 is 0 Å². The molecule has 0 bridgehead atoms. The first-order valence-electron chi connectivity index (χ1n) is 10.3. The van der Waals surface area contributed by atoms with Crippen LogP contribution in [0.4, 0.5) is 10.5 Å². The highest BCUT2D eigenvalue weighted by Crippen LogP contribution is 2.30. The van der Waals surface area contributed by atoms with E-state index in [9.17, 15) is 4.79 Å². The van der Waals surface area contributed by atoms with Gasteiger partial charge in [0.1, 0.15) is 0 Å². The number of aryl methyl sites for hydroxylation is 2. The van der Waals surface area contributed by atoms with E-state index in [4.69, 9.17) is 16.7 Å².